The summed E-state index contributed by atoms with van der Waals surface area (Å²) < 4.78 is 6.56. The quantitative estimate of drug-likeness (QED) is 0.658. The van der Waals surface area contributed by atoms with Crippen molar-refractivity contribution < 1.29 is 9.53 Å². The van der Waals surface area contributed by atoms with Gasteiger partial charge in [-0.1, -0.05) is 30.4 Å². The number of rotatable bonds is 5. The number of benzene rings is 2. The zero-order valence-corrected chi connectivity index (χ0v) is 15.2. The summed E-state index contributed by atoms with van der Waals surface area (Å²) >= 11 is 6.68. The van der Waals surface area contributed by atoms with Gasteiger partial charge in [-0.2, -0.15) is 0 Å². The average molecular weight is 371 g/mol. The number of para-hydroxylation sites is 1. The zero-order chi connectivity index (χ0) is 17.6. The van der Waals surface area contributed by atoms with Gasteiger partial charge in [-0.05, 0) is 55.0 Å². The van der Waals surface area contributed by atoms with Crippen LogP contribution in [0.5, 0.6) is 5.75 Å². The van der Waals surface area contributed by atoms with Crippen LogP contribution < -0.4 is 15.4 Å². The van der Waals surface area contributed by atoms with E-state index in [1.807, 2.05) is 31.2 Å². The van der Waals surface area contributed by atoms with Crippen LogP contribution in [0.25, 0.3) is 10.2 Å². The summed E-state index contributed by atoms with van der Waals surface area (Å²) in [5.74, 6) is 0.467. The molecule has 0 aliphatic carbocycles. The molecule has 0 spiro atoms. The number of ether oxygens (including phenoxy) is 1. The first-order chi connectivity index (χ1) is 12.2. The van der Waals surface area contributed by atoms with Gasteiger partial charge in [0.25, 0.3) is 5.91 Å². The number of hydrogen-bond donors (Lipinski definition) is 2. The Morgan fingerprint density at radius 3 is 2.68 bits per heavy atom. The second-order valence-corrected chi connectivity index (χ2v) is 6.71. The number of hydrogen-bond acceptors (Lipinski definition) is 5. The molecule has 0 radical (unpaired) electrons. The zero-order valence-electron chi connectivity index (χ0n) is 13.6. The number of carbonyl (C=O) groups is 1. The molecule has 1 heterocycles. The topological polar surface area (TPSA) is 63.2 Å². The third-order valence-corrected chi connectivity index (χ3v) is 4.49. The molecular formula is C18H17N3O2S2. The fraction of sp³-hybridized carbons (Fsp3) is 0.167. The van der Waals surface area contributed by atoms with Crippen LogP contribution in [0.2, 0.25) is 0 Å². The molecule has 3 rings (SSSR count). The predicted molar refractivity (Wildman–Crippen MR) is 106 cm³/mol. The Hall–Kier alpha value is -2.51. The lowest BCUT2D eigenvalue weighted by Gasteiger charge is -2.08. The fourth-order valence-corrected chi connectivity index (χ4v) is 3.28. The van der Waals surface area contributed by atoms with Crippen LogP contribution in [0.1, 0.15) is 23.7 Å². The van der Waals surface area contributed by atoms with Crippen molar-refractivity contribution >= 4 is 49.9 Å². The van der Waals surface area contributed by atoms with Gasteiger partial charge in [0.2, 0.25) is 0 Å². The van der Waals surface area contributed by atoms with Gasteiger partial charge in [-0.25, -0.2) is 4.98 Å². The van der Waals surface area contributed by atoms with Crippen LogP contribution in [0.15, 0.2) is 48.5 Å². The maximum atomic E-state index is 12.2. The average Bonchev–Trinajstić information content (AvgIpc) is 3.02. The second kappa shape index (κ2) is 8.04. The van der Waals surface area contributed by atoms with Crippen molar-refractivity contribution in [1.29, 1.82) is 0 Å². The molecule has 0 atom stereocenters. The van der Waals surface area contributed by atoms with Crippen LogP contribution >= 0.6 is 23.6 Å². The minimum Gasteiger partial charge on any atom is -0.494 e. The minimum atomic E-state index is -0.277. The van der Waals surface area contributed by atoms with Crippen LogP contribution in [0.4, 0.5) is 5.13 Å². The summed E-state index contributed by atoms with van der Waals surface area (Å²) in [4.78, 5) is 16.7. The van der Waals surface area contributed by atoms with Gasteiger partial charge in [0.1, 0.15) is 5.75 Å². The largest absolute Gasteiger partial charge is 0.494 e. The molecule has 2 aromatic carbocycles. The van der Waals surface area contributed by atoms with Crippen molar-refractivity contribution in [3.05, 3.63) is 54.1 Å². The maximum absolute atomic E-state index is 12.2. The van der Waals surface area contributed by atoms with E-state index in [4.69, 9.17) is 17.0 Å². The highest BCUT2D eigenvalue weighted by atomic mass is 32.1. The number of anilines is 1. The lowest BCUT2D eigenvalue weighted by Crippen LogP contribution is -2.34. The number of thiazole rings is 1. The van der Waals surface area contributed by atoms with E-state index in [0.29, 0.717) is 17.3 Å². The first-order valence-electron chi connectivity index (χ1n) is 7.86. The monoisotopic (exact) mass is 371 g/mol. The van der Waals surface area contributed by atoms with Gasteiger partial charge >= 0.3 is 0 Å². The van der Waals surface area contributed by atoms with Gasteiger partial charge in [0.05, 0.1) is 16.8 Å². The van der Waals surface area contributed by atoms with Crippen molar-refractivity contribution in [2.24, 2.45) is 0 Å². The molecule has 1 amide bonds. The van der Waals surface area contributed by atoms with Gasteiger partial charge < -0.3 is 10.1 Å². The van der Waals surface area contributed by atoms with Gasteiger partial charge in [-0.15, -0.1) is 0 Å². The molecule has 3 aromatic rings. The lowest BCUT2D eigenvalue weighted by molar-refractivity contribution is 0.0977. The summed E-state index contributed by atoms with van der Waals surface area (Å²) in [6.45, 7) is 2.70. The fourth-order valence-electron chi connectivity index (χ4n) is 2.15. The Labute approximate surface area is 155 Å². The molecule has 0 saturated heterocycles. The van der Waals surface area contributed by atoms with Crippen LogP contribution in [-0.4, -0.2) is 22.6 Å². The number of aromatic nitrogens is 1. The number of fused-ring (bicyclic) bond motifs is 1. The third kappa shape index (κ3) is 4.52. The van der Waals surface area contributed by atoms with E-state index >= 15 is 0 Å². The number of thiocarbonyl (C=S) groups is 1. The first kappa shape index (κ1) is 17.3. The number of carbonyl (C=O) groups excluding carboxylic acids is 1. The Morgan fingerprint density at radius 1 is 1.20 bits per heavy atom. The Kier molecular flexibility index (Phi) is 5.57. The van der Waals surface area contributed by atoms with Crippen LogP contribution in [-0.2, 0) is 0 Å². The minimum absolute atomic E-state index is 0.218. The van der Waals surface area contributed by atoms with E-state index in [0.717, 1.165) is 22.4 Å². The molecule has 0 aliphatic rings. The standard InChI is InChI=1S/C18H17N3O2S2/c1-2-11-23-13-9-7-12(8-10-13)16(22)20-17(24)21-18-19-14-5-3-4-6-15(14)25-18/h3-10H,2,11H2,1H3,(H2,19,20,21,22,24). The van der Waals surface area contributed by atoms with Gasteiger partial charge in [0.15, 0.2) is 10.2 Å². The SMILES string of the molecule is CCCOc1ccc(C(=O)NC(=S)Nc2nc3ccccc3s2)cc1. The van der Waals surface area contributed by atoms with E-state index in [1.165, 1.54) is 11.3 Å². The Bertz CT molecular complexity index is 858. The van der Waals surface area contributed by atoms with E-state index in [1.54, 1.807) is 24.3 Å². The van der Waals surface area contributed by atoms with Crippen molar-refractivity contribution in [2.45, 2.75) is 13.3 Å². The summed E-state index contributed by atoms with van der Waals surface area (Å²) in [7, 11) is 0. The van der Waals surface area contributed by atoms with Crippen molar-refractivity contribution in [2.75, 3.05) is 11.9 Å². The molecule has 0 unspecified atom stereocenters. The summed E-state index contributed by atoms with van der Waals surface area (Å²) in [6.07, 6.45) is 0.938. The van der Waals surface area contributed by atoms with Crippen LogP contribution in [0, 0.1) is 0 Å². The van der Waals surface area contributed by atoms with E-state index in [-0.39, 0.29) is 11.0 Å². The van der Waals surface area contributed by atoms with Crippen molar-refractivity contribution in [3.8, 4) is 5.75 Å². The van der Waals surface area contributed by atoms with Crippen LogP contribution in [0.3, 0.4) is 0 Å². The lowest BCUT2D eigenvalue weighted by atomic mass is 10.2. The first-order valence-corrected chi connectivity index (χ1v) is 9.09. The molecule has 128 valence electrons. The summed E-state index contributed by atoms with van der Waals surface area (Å²) in [5, 5.41) is 6.48. The highest BCUT2D eigenvalue weighted by molar-refractivity contribution is 7.80. The van der Waals surface area contributed by atoms with E-state index < -0.39 is 0 Å². The smallest absolute Gasteiger partial charge is 0.257 e. The Balaban J connectivity index is 1.59. The molecule has 0 bridgehead atoms. The molecule has 0 aliphatic heterocycles. The highest BCUT2D eigenvalue weighted by Gasteiger charge is 2.10. The van der Waals surface area contributed by atoms with Crippen molar-refractivity contribution in [1.82, 2.24) is 10.3 Å². The van der Waals surface area contributed by atoms with E-state index in [2.05, 4.69) is 15.6 Å². The van der Waals surface area contributed by atoms with Gasteiger partial charge in [0, 0.05) is 5.56 Å². The number of amides is 1. The molecule has 25 heavy (non-hydrogen) atoms. The van der Waals surface area contributed by atoms with E-state index in [9.17, 15) is 4.79 Å². The Morgan fingerprint density at radius 2 is 1.96 bits per heavy atom. The maximum Gasteiger partial charge on any atom is 0.257 e. The molecule has 1 aromatic heterocycles. The molecule has 5 nitrogen and oxygen atoms in total. The second-order valence-electron chi connectivity index (χ2n) is 5.27. The molecule has 7 heteroatoms. The molecule has 0 fully saturated rings. The molecule has 2 N–H and O–H groups in total. The highest BCUT2D eigenvalue weighted by Crippen LogP contribution is 2.25. The van der Waals surface area contributed by atoms with Crippen molar-refractivity contribution in [3.63, 3.8) is 0 Å². The molecular weight excluding hydrogens is 354 g/mol. The normalized spacial score (nSPS) is 10.4. The predicted octanol–water partition coefficient (Wildman–Crippen LogP) is 4.21. The van der Waals surface area contributed by atoms with Gasteiger partial charge in [-0.3, -0.25) is 10.1 Å². The number of nitrogens with one attached hydrogen (secondary N) is 2. The summed E-state index contributed by atoms with van der Waals surface area (Å²) in [5.41, 5.74) is 1.41. The number of nitrogens with zero attached hydrogens (tertiary/aromatic N) is 1. The molecule has 0 saturated carbocycles. The third-order valence-electron chi connectivity index (χ3n) is 3.33. The summed E-state index contributed by atoms with van der Waals surface area (Å²) in [6, 6.07) is 14.8.